The molecule has 0 radical (unpaired) electrons. The Morgan fingerprint density at radius 2 is 1.95 bits per heavy atom. The first-order valence-corrected chi connectivity index (χ1v) is 7.25. The molecule has 3 aromatic rings. The van der Waals surface area contributed by atoms with Gasteiger partial charge in [0.25, 0.3) is 0 Å². The van der Waals surface area contributed by atoms with Gasteiger partial charge in [0.15, 0.2) is 5.16 Å². The zero-order valence-electron chi connectivity index (χ0n) is 10.2. The highest BCUT2D eigenvalue weighted by atomic mass is 32.2. The lowest BCUT2D eigenvalue weighted by Gasteiger charge is -2.09. The van der Waals surface area contributed by atoms with Crippen molar-refractivity contribution < 1.29 is 4.21 Å². The SMILES string of the molecule is O=S(Cc1ccccc1-n1cccc1)c1ncc[nH]1. The Hall–Kier alpha value is -2.14. The fourth-order valence-corrected chi connectivity index (χ4v) is 3.01. The average molecular weight is 271 g/mol. The molecular formula is C14H13N3OS. The van der Waals surface area contributed by atoms with Gasteiger partial charge in [-0.15, -0.1) is 0 Å². The van der Waals surface area contributed by atoms with Gasteiger partial charge < -0.3 is 9.55 Å². The molecular weight excluding hydrogens is 258 g/mol. The quantitative estimate of drug-likeness (QED) is 0.792. The number of nitrogens with one attached hydrogen (secondary N) is 1. The van der Waals surface area contributed by atoms with E-state index in [4.69, 9.17) is 0 Å². The van der Waals surface area contributed by atoms with Crippen LogP contribution in [0.15, 0.2) is 66.3 Å². The smallest absolute Gasteiger partial charge is 0.196 e. The van der Waals surface area contributed by atoms with E-state index in [1.807, 2.05) is 53.4 Å². The van der Waals surface area contributed by atoms with E-state index in [-0.39, 0.29) is 0 Å². The topological polar surface area (TPSA) is 50.7 Å². The minimum atomic E-state index is -1.16. The van der Waals surface area contributed by atoms with Gasteiger partial charge in [-0.05, 0) is 23.8 Å². The lowest BCUT2D eigenvalue weighted by molar-refractivity contribution is 0.677. The van der Waals surface area contributed by atoms with E-state index in [0.717, 1.165) is 11.3 Å². The van der Waals surface area contributed by atoms with E-state index in [9.17, 15) is 4.21 Å². The predicted molar refractivity (Wildman–Crippen MR) is 74.5 cm³/mol. The Labute approximate surface area is 113 Å². The van der Waals surface area contributed by atoms with Crippen molar-refractivity contribution in [1.82, 2.24) is 14.5 Å². The maximum atomic E-state index is 12.2. The Balaban J connectivity index is 1.92. The van der Waals surface area contributed by atoms with Crippen LogP contribution in [0.5, 0.6) is 0 Å². The van der Waals surface area contributed by atoms with E-state index in [2.05, 4.69) is 9.97 Å². The molecule has 4 nitrogen and oxygen atoms in total. The Morgan fingerprint density at radius 3 is 2.68 bits per heavy atom. The van der Waals surface area contributed by atoms with E-state index in [1.165, 1.54) is 0 Å². The van der Waals surface area contributed by atoms with Gasteiger partial charge in [0.1, 0.15) is 0 Å². The zero-order chi connectivity index (χ0) is 13.1. The summed E-state index contributed by atoms with van der Waals surface area (Å²) in [5.74, 6) is 0.446. The molecule has 0 aliphatic rings. The van der Waals surface area contributed by atoms with Crippen LogP contribution in [0.25, 0.3) is 5.69 Å². The van der Waals surface area contributed by atoms with Crippen molar-refractivity contribution in [2.45, 2.75) is 10.9 Å². The minimum absolute atomic E-state index is 0.446. The highest BCUT2D eigenvalue weighted by molar-refractivity contribution is 7.84. The second-order valence-corrected chi connectivity index (χ2v) is 5.47. The van der Waals surface area contributed by atoms with Gasteiger partial charge in [-0.2, -0.15) is 0 Å². The van der Waals surface area contributed by atoms with E-state index in [1.54, 1.807) is 12.4 Å². The molecule has 2 aromatic heterocycles. The largest absolute Gasteiger partial charge is 0.338 e. The molecule has 0 saturated carbocycles. The molecule has 2 heterocycles. The van der Waals surface area contributed by atoms with Crippen molar-refractivity contribution in [3.63, 3.8) is 0 Å². The average Bonchev–Trinajstić information content (AvgIpc) is 3.13. The molecule has 0 amide bonds. The van der Waals surface area contributed by atoms with Crippen molar-refractivity contribution in [1.29, 1.82) is 0 Å². The molecule has 1 unspecified atom stereocenters. The number of aromatic nitrogens is 3. The van der Waals surface area contributed by atoms with Crippen LogP contribution in [0.2, 0.25) is 0 Å². The van der Waals surface area contributed by atoms with E-state index >= 15 is 0 Å². The molecule has 19 heavy (non-hydrogen) atoms. The van der Waals surface area contributed by atoms with Gasteiger partial charge in [0.2, 0.25) is 0 Å². The molecule has 0 aliphatic heterocycles. The fraction of sp³-hybridized carbons (Fsp3) is 0.0714. The molecule has 5 heteroatoms. The number of aromatic amines is 1. The van der Waals surface area contributed by atoms with Crippen LogP contribution in [0.3, 0.4) is 0 Å². The third kappa shape index (κ3) is 2.51. The number of benzene rings is 1. The minimum Gasteiger partial charge on any atom is -0.338 e. The van der Waals surface area contributed by atoms with E-state index < -0.39 is 10.8 Å². The molecule has 1 N–H and O–H groups in total. The number of hydrogen-bond donors (Lipinski definition) is 1. The molecule has 0 saturated heterocycles. The molecule has 0 aliphatic carbocycles. The van der Waals surface area contributed by atoms with Crippen molar-refractivity contribution >= 4 is 10.8 Å². The molecule has 0 spiro atoms. The highest BCUT2D eigenvalue weighted by Crippen LogP contribution is 2.18. The molecule has 1 atom stereocenters. The summed E-state index contributed by atoms with van der Waals surface area (Å²) in [4.78, 5) is 6.94. The van der Waals surface area contributed by atoms with E-state index in [0.29, 0.717) is 10.9 Å². The van der Waals surface area contributed by atoms with Crippen LogP contribution in [0.1, 0.15) is 5.56 Å². The maximum absolute atomic E-state index is 12.2. The standard InChI is InChI=1S/C14H13N3OS/c18-19(14-15-7-8-16-14)11-12-5-1-2-6-13(12)17-9-3-4-10-17/h1-10H,11H2,(H,15,16). The summed E-state index contributed by atoms with van der Waals surface area (Å²) < 4.78 is 14.2. The summed E-state index contributed by atoms with van der Waals surface area (Å²) in [6, 6.07) is 11.9. The number of para-hydroxylation sites is 1. The molecule has 0 fully saturated rings. The Bertz CT molecular complexity index is 675. The van der Waals surface area contributed by atoms with Crippen LogP contribution >= 0.6 is 0 Å². The Kier molecular flexibility index (Phi) is 3.29. The van der Waals surface area contributed by atoms with Crippen LogP contribution in [0.4, 0.5) is 0 Å². The summed E-state index contributed by atoms with van der Waals surface area (Å²) in [7, 11) is -1.16. The van der Waals surface area contributed by atoms with Crippen molar-refractivity contribution in [2.75, 3.05) is 0 Å². The molecule has 1 aromatic carbocycles. The fourth-order valence-electron chi connectivity index (χ4n) is 1.96. The second-order valence-electron chi connectivity index (χ2n) is 4.10. The number of H-pyrrole nitrogens is 1. The zero-order valence-corrected chi connectivity index (χ0v) is 11.0. The first kappa shape index (κ1) is 11.9. The second kappa shape index (κ2) is 5.24. The third-order valence-corrected chi connectivity index (χ3v) is 4.08. The number of imidazole rings is 1. The summed E-state index contributed by atoms with van der Waals surface area (Å²) in [6.45, 7) is 0. The number of nitrogens with zero attached hydrogens (tertiary/aromatic N) is 2. The first-order chi connectivity index (χ1) is 9.34. The number of hydrogen-bond acceptors (Lipinski definition) is 2. The van der Waals surface area contributed by atoms with Crippen molar-refractivity contribution in [3.8, 4) is 5.69 Å². The lowest BCUT2D eigenvalue weighted by atomic mass is 10.2. The van der Waals surface area contributed by atoms with Crippen LogP contribution < -0.4 is 0 Å². The summed E-state index contributed by atoms with van der Waals surface area (Å²) >= 11 is 0. The molecule has 96 valence electrons. The highest BCUT2D eigenvalue weighted by Gasteiger charge is 2.10. The van der Waals surface area contributed by atoms with Crippen LogP contribution in [-0.2, 0) is 16.6 Å². The number of rotatable bonds is 4. The summed E-state index contributed by atoms with van der Waals surface area (Å²) in [6.07, 6.45) is 7.26. The van der Waals surface area contributed by atoms with Gasteiger partial charge in [0.05, 0.1) is 16.6 Å². The van der Waals surface area contributed by atoms with Crippen molar-refractivity contribution in [3.05, 3.63) is 66.7 Å². The predicted octanol–water partition coefficient (Wildman–Crippen LogP) is 2.51. The van der Waals surface area contributed by atoms with Gasteiger partial charge in [-0.1, -0.05) is 18.2 Å². The van der Waals surface area contributed by atoms with Gasteiger partial charge >= 0.3 is 0 Å². The molecule has 3 rings (SSSR count). The maximum Gasteiger partial charge on any atom is 0.196 e. The Morgan fingerprint density at radius 1 is 1.16 bits per heavy atom. The first-order valence-electron chi connectivity index (χ1n) is 5.93. The third-order valence-electron chi connectivity index (χ3n) is 2.85. The summed E-state index contributed by atoms with van der Waals surface area (Å²) in [5.41, 5.74) is 2.08. The van der Waals surface area contributed by atoms with Crippen LogP contribution in [-0.4, -0.2) is 18.7 Å². The van der Waals surface area contributed by atoms with Gasteiger partial charge in [0, 0.05) is 30.5 Å². The molecule has 0 bridgehead atoms. The monoisotopic (exact) mass is 271 g/mol. The lowest BCUT2D eigenvalue weighted by Crippen LogP contribution is -2.03. The van der Waals surface area contributed by atoms with Crippen LogP contribution in [0, 0.1) is 0 Å². The summed E-state index contributed by atoms with van der Waals surface area (Å²) in [5, 5.41) is 0.516. The van der Waals surface area contributed by atoms with Gasteiger partial charge in [-0.3, -0.25) is 4.21 Å². The van der Waals surface area contributed by atoms with Crippen molar-refractivity contribution in [2.24, 2.45) is 0 Å². The normalized spacial score (nSPS) is 12.4. The van der Waals surface area contributed by atoms with Gasteiger partial charge in [-0.25, -0.2) is 4.98 Å².